The molecule has 8 aromatic rings. The number of nitrogens with one attached hydrogen (secondary N) is 1. The van der Waals surface area contributed by atoms with Crippen LogP contribution in [-0.4, -0.2) is 5.71 Å². The minimum absolute atomic E-state index is 0.254. The van der Waals surface area contributed by atoms with E-state index in [1.165, 1.54) is 48.1 Å². The van der Waals surface area contributed by atoms with E-state index in [-0.39, 0.29) is 6.17 Å². The second-order valence-electron chi connectivity index (χ2n) is 12.3. The van der Waals surface area contributed by atoms with Crippen LogP contribution in [0.4, 0.5) is 0 Å². The molecule has 1 unspecified atom stereocenters. The van der Waals surface area contributed by atoms with Crippen molar-refractivity contribution in [3.63, 3.8) is 0 Å². The van der Waals surface area contributed by atoms with Crippen LogP contribution in [0.3, 0.4) is 0 Å². The molecule has 0 amide bonds. The largest absolute Gasteiger partial charge is 0.456 e. The van der Waals surface area contributed by atoms with Gasteiger partial charge in [-0.1, -0.05) is 115 Å². The third-order valence-electron chi connectivity index (χ3n) is 9.45. The van der Waals surface area contributed by atoms with Crippen molar-refractivity contribution in [3.8, 4) is 11.1 Å². The topological polar surface area (TPSA) is 37.5 Å². The second kappa shape index (κ2) is 11.4. The van der Waals surface area contributed by atoms with Crippen LogP contribution in [0.2, 0.25) is 0 Å². The van der Waals surface area contributed by atoms with E-state index < -0.39 is 0 Å². The van der Waals surface area contributed by atoms with Crippen molar-refractivity contribution >= 4 is 64.9 Å². The normalized spacial score (nSPS) is 18.2. The highest BCUT2D eigenvalue weighted by atomic mass is 32.1. The Balaban J connectivity index is 1.17. The van der Waals surface area contributed by atoms with Crippen molar-refractivity contribution in [1.82, 2.24) is 5.32 Å². The van der Waals surface area contributed by atoms with Crippen LogP contribution in [0, 0.1) is 0 Å². The first kappa shape index (κ1) is 27.8. The summed E-state index contributed by atoms with van der Waals surface area (Å²) >= 11 is 1.86. The standard InChI is InChI=1S/C43H32N2OS/c1-27-21-26-35(29-11-3-2-4-12-29)44-43(45-42(27)34-16-10-20-39-41(34)33-14-6-8-19-38(33)47-39)30-24-22-28(23-25-30)31-15-9-18-37-40(31)32-13-5-7-17-36(32)46-37/h2-20,22-25,43,45H,21,26H2,1H3/b42-27-,44-35+. The van der Waals surface area contributed by atoms with Crippen LogP contribution < -0.4 is 5.32 Å². The lowest BCUT2D eigenvalue weighted by Crippen LogP contribution is -2.23. The first-order valence-corrected chi connectivity index (χ1v) is 17.0. The van der Waals surface area contributed by atoms with Crippen LogP contribution in [0.5, 0.6) is 0 Å². The maximum Gasteiger partial charge on any atom is 0.145 e. The Hall–Kier alpha value is -5.45. The molecular formula is C43H32N2OS. The predicted molar refractivity (Wildman–Crippen MR) is 199 cm³/mol. The van der Waals surface area contributed by atoms with Crippen LogP contribution in [-0.2, 0) is 0 Å². The van der Waals surface area contributed by atoms with Gasteiger partial charge in [-0.3, -0.25) is 4.99 Å². The average molecular weight is 625 g/mol. The molecule has 0 bridgehead atoms. The van der Waals surface area contributed by atoms with Crippen molar-refractivity contribution in [2.45, 2.75) is 25.9 Å². The van der Waals surface area contributed by atoms with E-state index in [1.54, 1.807) is 0 Å². The Morgan fingerprint density at radius 1 is 0.596 bits per heavy atom. The van der Waals surface area contributed by atoms with Crippen LogP contribution in [0.15, 0.2) is 155 Å². The van der Waals surface area contributed by atoms with E-state index in [9.17, 15) is 0 Å². The molecule has 0 saturated carbocycles. The van der Waals surface area contributed by atoms with Gasteiger partial charge in [0, 0.05) is 47.9 Å². The summed E-state index contributed by atoms with van der Waals surface area (Å²) in [6.07, 6.45) is 1.56. The summed E-state index contributed by atoms with van der Waals surface area (Å²) in [6.45, 7) is 2.28. The molecule has 0 radical (unpaired) electrons. The van der Waals surface area contributed by atoms with E-state index in [4.69, 9.17) is 9.41 Å². The Morgan fingerprint density at radius 2 is 1.30 bits per heavy atom. The molecule has 0 aliphatic carbocycles. The highest BCUT2D eigenvalue weighted by Crippen LogP contribution is 2.41. The summed E-state index contributed by atoms with van der Waals surface area (Å²) < 4.78 is 8.82. The lowest BCUT2D eigenvalue weighted by Gasteiger charge is -2.26. The number of thiophene rings is 1. The van der Waals surface area contributed by atoms with Gasteiger partial charge in [-0.05, 0) is 71.9 Å². The molecule has 3 heterocycles. The molecule has 226 valence electrons. The van der Waals surface area contributed by atoms with Crippen molar-refractivity contribution in [1.29, 1.82) is 0 Å². The minimum Gasteiger partial charge on any atom is -0.456 e. The summed E-state index contributed by atoms with van der Waals surface area (Å²) in [5.41, 5.74) is 11.3. The fraction of sp³-hybridized carbons (Fsp3) is 0.0930. The predicted octanol–water partition coefficient (Wildman–Crippen LogP) is 11.9. The zero-order valence-electron chi connectivity index (χ0n) is 26.0. The van der Waals surface area contributed by atoms with Gasteiger partial charge in [0.15, 0.2) is 0 Å². The minimum atomic E-state index is -0.254. The van der Waals surface area contributed by atoms with Crippen LogP contribution in [0.25, 0.3) is 58.9 Å². The molecule has 9 rings (SSSR count). The highest BCUT2D eigenvalue weighted by Gasteiger charge is 2.22. The van der Waals surface area contributed by atoms with Crippen molar-refractivity contribution in [2.75, 3.05) is 0 Å². The fourth-order valence-electron chi connectivity index (χ4n) is 7.10. The Kier molecular flexibility index (Phi) is 6.76. The van der Waals surface area contributed by atoms with Gasteiger partial charge < -0.3 is 9.73 Å². The molecule has 1 aliphatic rings. The zero-order valence-corrected chi connectivity index (χ0v) is 26.9. The zero-order chi connectivity index (χ0) is 31.3. The quantitative estimate of drug-likeness (QED) is 0.212. The van der Waals surface area contributed by atoms with E-state index in [0.717, 1.165) is 51.6 Å². The monoisotopic (exact) mass is 624 g/mol. The highest BCUT2D eigenvalue weighted by molar-refractivity contribution is 7.25. The van der Waals surface area contributed by atoms with Gasteiger partial charge in [0.1, 0.15) is 17.3 Å². The Bertz CT molecular complexity index is 2500. The number of hydrogen-bond donors (Lipinski definition) is 1. The fourth-order valence-corrected chi connectivity index (χ4v) is 8.23. The summed E-state index contributed by atoms with van der Waals surface area (Å²) in [6, 6.07) is 49.6. The molecule has 47 heavy (non-hydrogen) atoms. The number of nitrogens with zero attached hydrogens (tertiary/aromatic N) is 1. The summed E-state index contributed by atoms with van der Waals surface area (Å²) in [7, 11) is 0. The third kappa shape index (κ3) is 4.84. The lowest BCUT2D eigenvalue weighted by atomic mass is 9.94. The first-order valence-electron chi connectivity index (χ1n) is 16.2. The molecule has 2 aromatic heterocycles. The molecule has 0 spiro atoms. The maximum atomic E-state index is 6.20. The molecule has 0 saturated heterocycles. The van der Waals surface area contributed by atoms with Gasteiger partial charge in [0.05, 0.1) is 0 Å². The van der Waals surface area contributed by atoms with Gasteiger partial charge in [0.2, 0.25) is 0 Å². The molecule has 0 fully saturated rings. The molecule has 4 heteroatoms. The summed E-state index contributed by atoms with van der Waals surface area (Å²) in [5, 5.41) is 8.89. The average Bonchev–Trinajstić information content (AvgIpc) is 3.70. The van der Waals surface area contributed by atoms with Crippen molar-refractivity contribution < 1.29 is 4.42 Å². The number of allylic oxidation sites excluding steroid dienone is 1. The Labute approximate surface area is 277 Å². The van der Waals surface area contributed by atoms with E-state index in [2.05, 4.69) is 140 Å². The SMILES string of the molecule is C/C1=C(\c2cccc3sc4ccccc4c23)NC(c2ccc(-c3cccc4oc5ccccc5c34)cc2)/N=C(/c2ccccc2)CC1. The van der Waals surface area contributed by atoms with Gasteiger partial charge >= 0.3 is 0 Å². The summed E-state index contributed by atoms with van der Waals surface area (Å²) in [4.78, 5) is 5.46. The van der Waals surface area contributed by atoms with E-state index in [1.807, 2.05) is 23.5 Å². The molecule has 6 aromatic carbocycles. The van der Waals surface area contributed by atoms with Crippen LogP contribution >= 0.6 is 11.3 Å². The molecular weight excluding hydrogens is 593 g/mol. The molecule has 3 nitrogen and oxygen atoms in total. The van der Waals surface area contributed by atoms with Gasteiger partial charge in [0.25, 0.3) is 0 Å². The van der Waals surface area contributed by atoms with Gasteiger partial charge in [-0.2, -0.15) is 0 Å². The smallest absolute Gasteiger partial charge is 0.145 e. The summed E-state index contributed by atoms with van der Waals surface area (Å²) in [5.74, 6) is 0. The number of rotatable bonds is 4. The first-order chi connectivity index (χ1) is 23.2. The van der Waals surface area contributed by atoms with Crippen molar-refractivity contribution in [2.24, 2.45) is 4.99 Å². The number of benzene rings is 6. The lowest BCUT2D eigenvalue weighted by molar-refractivity contribution is 0.656. The van der Waals surface area contributed by atoms with Crippen molar-refractivity contribution in [3.05, 3.63) is 162 Å². The van der Waals surface area contributed by atoms with E-state index in [0.29, 0.717) is 0 Å². The Morgan fingerprint density at radius 3 is 2.17 bits per heavy atom. The molecule has 1 atom stereocenters. The van der Waals surface area contributed by atoms with Gasteiger partial charge in [-0.25, -0.2) is 0 Å². The van der Waals surface area contributed by atoms with E-state index >= 15 is 0 Å². The number of furan rings is 1. The van der Waals surface area contributed by atoms with Gasteiger partial charge in [-0.15, -0.1) is 11.3 Å². The van der Waals surface area contributed by atoms with Crippen LogP contribution in [0.1, 0.15) is 42.6 Å². The molecule has 1 N–H and O–H groups in total. The number of aliphatic imine (C=N–C) groups is 1. The maximum absolute atomic E-state index is 6.20. The second-order valence-corrected chi connectivity index (χ2v) is 13.4. The number of para-hydroxylation sites is 1. The number of fused-ring (bicyclic) bond motifs is 6. The number of hydrogen-bond acceptors (Lipinski definition) is 4. The third-order valence-corrected chi connectivity index (χ3v) is 10.6. The molecule has 1 aliphatic heterocycles.